The number of nitrogens with one attached hydrogen (secondary N) is 2. The SMILES string of the molecule is CN(C)C(=O)c1ccc(NC(=O)CNCCC2=CCCCC2)cc1. The van der Waals surface area contributed by atoms with E-state index in [0.29, 0.717) is 17.8 Å². The standard InChI is InChI=1S/C19H27N3O2/c1-22(2)19(24)16-8-10-17(11-9-16)21-18(23)14-20-13-12-15-6-4-3-5-7-15/h6,8-11,20H,3-5,7,12-14H2,1-2H3,(H,21,23). The topological polar surface area (TPSA) is 61.4 Å². The van der Waals surface area contributed by atoms with Gasteiger partial charge in [-0.15, -0.1) is 0 Å². The lowest BCUT2D eigenvalue weighted by molar-refractivity contribution is -0.115. The Morgan fingerprint density at radius 1 is 1.12 bits per heavy atom. The van der Waals surface area contributed by atoms with Gasteiger partial charge in [-0.3, -0.25) is 9.59 Å². The molecular formula is C19H27N3O2. The van der Waals surface area contributed by atoms with Crippen molar-refractivity contribution in [1.29, 1.82) is 0 Å². The van der Waals surface area contributed by atoms with E-state index < -0.39 is 0 Å². The molecule has 2 rings (SSSR count). The molecule has 0 radical (unpaired) electrons. The second-order valence-corrected chi connectivity index (χ2v) is 6.36. The van der Waals surface area contributed by atoms with Crippen LogP contribution < -0.4 is 10.6 Å². The number of amides is 2. The fourth-order valence-corrected chi connectivity index (χ4v) is 2.74. The normalized spacial score (nSPS) is 14.0. The predicted molar refractivity (Wildman–Crippen MR) is 97.1 cm³/mol. The predicted octanol–water partition coefficient (Wildman–Crippen LogP) is 2.81. The Kier molecular flexibility index (Phi) is 7.00. The Bertz CT molecular complexity index is 591. The zero-order chi connectivity index (χ0) is 17.4. The van der Waals surface area contributed by atoms with Crippen molar-refractivity contribution in [1.82, 2.24) is 10.2 Å². The largest absolute Gasteiger partial charge is 0.345 e. The summed E-state index contributed by atoms with van der Waals surface area (Å²) < 4.78 is 0. The minimum atomic E-state index is -0.0701. The third-order valence-corrected chi connectivity index (χ3v) is 4.12. The van der Waals surface area contributed by atoms with Crippen LogP contribution in [0.25, 0.3) is 0 Å². The van der Waals surface area contributed by atoms with Gasteiger partial charge in [0.1, 0.15) is 0 Å². The van der Waals surface area contributed by atoms with Crippen molar-refractivity contribution in [2.45, 2.75) is 32.1 Å². The highest BCUT2D eigenvalue weighted by Crippen LogP contribution is 2.19. The monoisotopic (exact) mass is 329 g/mol. The summed E-state index contributed by atoms with van der Waals surface area (Å²) in [7, 11) is 3.43. The molecule has 0 fully saturated rings. The average Bonchev–Trinajstić information content (AvgIpc) is 2.59. The summed E-state index contributed by atoms with van der Waals surface area (Å²) in [4.78, 5) is 25.3. The molecule has 0 aliphatic heterocycles. The third-order valence-electron chi connectivity index (χ3n) is 4.12. The molecule has 130 valence electrons. The summed E-state index contributed by atoms with van der Waals surface area (Å²) in [5, 5.41) is 6.02. The van der Waals surface area contributed by atoms with Crippen LogP contribution in [0.15, 0.2) is 35.9 Å². The number of allylic oxidation sites excluding steroid dienone is 1. The molecule has 0 heterocycles. The molecule has 0 saturated heterocycles. The van der Waals surface area contributed by atoms with Gasteiger partial charge in [-0.25, -0.2) is 0 Å². The van der Waals surface area contributed by atoms with Crippen LogP contribution in [0.2, 0.25) is 0 Å². The Balaban J connectivity index is 1.70. The first-order chi connectivity index (χ1) is 11.6. The number of hydrogen-bond acceptors (Lipinski definition) is 3. The van der Waals surface area contributed by atoms with E-state index in [1.807, 2.05) is 0 Å². The number of carbonyl (C=O) groups is 2. The highest BCUT2D eigenvalue weighted by molar-refractivity contribution is 5.95. The molecule has 2 amide bonds. The number of nitrogens with zero attached hydrogens (tertiary/aromatic N) is 1. The fourth-order valence-electron chi connectivity index (χ4n) is 2.74. The van der Waals surface area contributed by atoms with Gasteiger partial charge < -0.3 is 15.5 Å². The van der Waals surface area contributed by atoms with Gasteiger partial charge in [0.2, 0.25) is 5.91 Å². The summed E-state index contributed by atoms with van der Waals surface area (Å²) in [6.45, 7) is 1.13. The summed E-state index contributed by atoms with van der Waals surface area (Å²) in [6, 6.07) is 6.95. The Hall–Kier alpha value is -2.14. The molecule has 1 aromatic carbocycles. The van der Waals surface area contributed by atoms with Crippen LogP contribution in [-0.2, 0) is 4.79 Å². The molecule has 1 aromatic rings. The van der Waals surface area contributed by atoms with Crippen LogP contribution in [0.4, 0.5) is 5.69 Å². The fraction of sp³-hybridized carbons (Fsp3) is 0.474. The summed E-state index contributed by atoms with van der Waals surface area (Å²) >= 11 is 0. The molecule has 24 heavy (non-hydrogen) atoms. The summed E-state index contributed by atoms with van der Waals surface area (Å²) in [5.41, 5.74) is 2.82. The Morgan fingerprint density at radius 3 is 2.50 bits per heavy atom. The molecule has 1 aliphatic rings. The first kappa shape index (κ1) is 18.2. The van der Waals surface area contributed by atoms with E-state index in [9.17, 15) is 9.59 Å². The summed E-state index contributed by atoms with van der Waals surface area (Å²) in [6.07, 6.45) is 8.35. The lowest BCUT2D eigenvalue weighted by atomic mass is 9.97. The molecule has 5 heteroatoms. The van der Waals surface area contributed by atoms with E-state index in [4.69, 9.17) is 0 Å². The van der Waals surface area contributed by atoms with Crippen molar-refractivity contribution in [3.63, 3.8) is 0 Å². The first-order valence-electron chi connectivity index (χ1n) is 8.56. The maximum atomic E-state index is 11.9. The second-order valence-electron chi connectivity index (χ2n) is 6.36. The van der Waals surface area contributed by atoms with Gasteiger partial charge in [-0.2, -0.15) is 0 Å². The quantitative estimate of drug-likeness (QED) is 0.597. The molecule has 5 nitrogen and oxygen atoms in total. The van der Waals surface area contributed by atoms with E-state index in [-0.39, 0.29) is 11.8 Å². The number of hydrogen-bond donors (Lipinski definition) is 2. The van der Waals surface area contributed by atoms with Crippen molar-refractivity contribution in [3.05, 3.63) is 41.5 Å². The van der Waals surface area contributed by atoms with E-state index in [0.717, 1.165) is 13.0 Å². The van der Waals surface area contributed by atoms with Gasteiger partial charge in [0.25, 0.3) is 5.91 Å². The molecule has 0 bridgehead atoms. The van der Waals surface area contributed by atoms with E-state index in [1.54, 1.807) is 38.4 Å². The molecule has 0 aromatic heterocycles. The van der Waals surface area contributed by atoms with Crippen LogP contribution in [0, 0.1) is 0 Å². The Morgan fingerprint density at radius 2 is 1.88 bits per heavy atom. The first-order valence-corrected chi connectivity index (χ1v) is 8.56. The number of anilines is 1. The van der Waals surface area contributed by atoms with Gasteiger partial charge in [-0.1, -0.05) is 11.6 Å². The van der Waals surface area contributed by atoms with Crippen molar-refractivity contribution >= 4 is 17.5 Å². The maximum absolute atomic E-state index is 11.9. The smallest absolute Gasteiger partial charge is 0.253 e. The lowest BCUT2D eigenvalue weighted by Gasteiger charge is -2.13. The lowest BCUT2D eigenvalue weighted by Crippen LogP contribution is -2.29. The highest BCUT2D eigenvalue weighted by Gasteiger charge is 2.08. The van der Waals surface area contributed by atoms with Crippen LogP contribution in [0.3, 0.4) is 0 Å². The average molecular weight is 329 g/mol. The van der Waals surface area contributed by atoms with Gasteiger partial charge >= 0.3 is 0 Å². The molecule has 0 saturated carbocycles. The van der Waals surface area contributed by atoms with Crippen molar-refractivity contribution < 1.29 is 9.59 Å². The van der Waals surface area contributed by atoms with Crippen LogP contribution in [0.1, 0.15) is 42.5 Å². The van der Waals surface area contributed by atoms with Crippen LogP contribution in [0.5, 0.6) is 0 Å². The maximum Gasteiger partial charge on any atom is 0.253 e. The van der Waals surface area contributed by atoms with E-state index in [2.05, 4.69) is 16.7 Å². The molecule has 2 N–H and O–H groups in total. The van der Waals surface area contributed by atoms with Gasteiger partial charge in [0.15, 0.2) is 0 Å². The number of carbonyl (C=O) groups excluding carboxylic acids is 2. The molecule has 0 unspecified atom stereocenters. The van der Waals surface area contributed by atoms with Crippen LogP contribution in [-0.4, -0.2) is 43.9 Å². The third kappa shape index (κ3) is 5.81. The van der Waals surface area contributed by atoms with E-state index in [1.165, 1.54) is 36.2 Å². The summed E-state index contributed by atoms with van der Waals surface area (Å²) in [5.74, 6) is -0.120. The minimum absolute atomic E-state index is 0.0495. The van der Waals surface area contributed by atoms with E-state index >= 15 is 0 Å². The van der Waals surface area contributed by atoms with Crippen molar-refractivity contribution in [2.24, 2.45) is 0 Å². The number of rotatable bonds is 7. The van der Waals surface area contributed by atoms with Gasteiger partial charge in [-0.05, 0) is 62.9 Å². The van der Waals surface area contributed by atoms with Crippen LogP contribution >= 0.6 is 0 Å². The number of benzene rings is 1. The minimum Gasteiger partial charge on any atom is -0.345 e. The second kappa shape index (κ2) is 9.23. The molecule has 0 atom stereocenters. The molecule has 0 spiro atoms. The van der Waals surface area contributed by atoms with Gasteiger partial charge in [0, 0.05) is 25.3 Å². The Labute approximate surface area is 144 Å². The highest BCUT2D eigenvalue weighted by atomic mass is 16.2. The zero-order valence-corrected chi connectivity index (χ0v) is 14.6. The van der Waals surface area contributed by atoms with Crippen molar-refractivity contribution in [3.8, 4) is 0 Å². The molecule has 1 aliphatic carbocycles. The zero-order valence-electron chi connectivity index (χ0n) is 14.6. The van der Waals surface area contributed by atoms with Gasteiger partial charge in [0.05, 0.1) is 6.54 Å². The van der Waals surface area contributed by atoms with Crippen molar-refractivity contribution in [2.75, 3.05) is 32.5 Å². The molecular weight excluding hydrogens is 302 g/mol.